The molecule has 0 unspecified atom stereocenters. The number of hydrogen-bond donors (Lipinski definition) is 1. The van der Waals surface area contributed by atoms with Gasteiger partial charge in [-0.3, -0.25) is 9.59 Å². The van der Waals surface area contributed by atoms with E-state index < -0.39 is 10.0 Å². The van der Waals surface area contributed by atoms with Crippen LogP contribution in [0.4, 0.5) is 0 Å². The molecule has 2 fully saturated rings. The molecule has 0 saturated carbocycles. The molecule has 2 atom stereocenters. The number of fused-ring (bicyclic) bond motifs is 1. The molecule has 3 rings (SSSR count). The molecule has 0 aliphatic carbocycles. The van der Waals surface area contributed by atoms with Crippen LogP contribution in [-0.4, -0.2) is 44.9 Å². The Kier molecular flexibility index (Phi) is 3.68. The first-order valence-corrected chi connectivity index (χ1v) is 8.83. The summed E-state index contributed by atoms with van der Waals surface area (Å²) in [5.41, 5.74) is 1.48. The molecule has 0 aromatic heterocycles. The lowest BCUT2D eigenvalue weighted by Gasteiger charge is -2.18. The Morgan fingerprint density at radius 1 is 1.30 bits per heavy atom. The van der Waals surface area contributed by atoms with Crippen molar-refractivity contribution in [2.75, 3.05) is 19.7 Å². The Bertz CT molecular complexity index is 802. The number of nitrogens with two attached hydrogens (primary N) is 1. The Morgan fingerprint density at radius 2 is 2.00 bits per heavy atom. The summed E-state index contributed by atoms with van der Waals surface area (Å²) in [5, 5.41) is 5.23. The maximum Gasteiger partial charge on any atom is 0.311 e. The number of rotatable bonds is 2. The molecule has 1 aromatic rings. The number of amides is 1. The standard InChI is InChI=1S/C15H18N2O5S/c1-8-3-10(4-13(9(8)2)23(16,20)21)14(18)17-5-11-7-22-15(19)12(11)6-17/h3-4,11-12H,5-7H2,1-2H3,(H2,16,20,21)/t11-,12-/m1/s1. The Morgan fingerprint density at radius 3 is 2.61 bits per heavy atom. The van der Waals surface area contributed by atoms with Crippen molar-refractivity contribution in [1.82, 2.24) is 4.90 Å². The normalized spacial score (nSPS) is 23.8. The number of ether oxygens (including phenoxy) is 1. The fourth-order valence-electron chi connectivity index (χ4n) is 3.20. The Hall–Kier alpha value is -1.93. The van der Waals surface area contributed by atoms with Crippen molar-refractivity contribution < 1.29 is 22.7 Å². The van der Waals surface area contributed by atoms with E-state index in [2.05, 4.69) is 0 Å². The SMILES string of the molecule is Cc1cc(C(=O)N2C[C@@H]3COC(=O)[C@@H]3C2)cc(S(N)(=O)=O)c1C. The van der Waals surface area contributed by atoms with Crippen LogP contribution in [0.1, 0.15) is 21.5 Å². The quantitative estimate of drug-likeness (QED) is 0.775. The molecule has 124 valence electrons. The van der Waals surface area contributed by atoms with E-state index in [1.165, 1.54) is 6.07 Å². The van der Waals surface area contributed by atoms with Gasteiger partial charge in [-0.1, -0.05) is 0 Å². The predicted octanol–water partition coefficient (Wildman–Crippen LogP) is 0.196. The number of likely N-dealkylation sites (tertiary alicyclic amines) is 1. The van der Waals surface area contributed by atoms with Crippen molar-refractivity contribution in [3.8, 4) is 0 Å². The zero-order chi connectivity index (χ0) is 16.9. The molecular formula is C15H18N2O5S. The van der Waals surface area contributed by atoms with Crippen LogP contribution in [-0.2, 0) is 19.6 Å². The first-order valence-electron chi connectivity index (χ1n) is 7.28. The van der Waals surface area contributed by atoms with Crippen LogP contribution in [0.2, 0.25) is 0 Å². The average Bonchev–Trinajstić information content (AvgIpc) is 3.02. The van der Waals surface area contributed by atoms with E-state index in [1.807, 2.05) is 0 Å². The van der Waals surface area contributed by atoms with Gasteiger partial charge in [0, 0.05) is 24.6 Å². The largest absolute Gasteiger partial charge is 0.465 e. The minimum absolute atomic E-state index is 0.0238. The topological polar surface area (TPSA) is 107 Å². The van der Waals surface area contributed by atoms with Gasteiger partial charge in [0.1, 0.15) is 0 Å². The summed E-state index contributed by atoms with van der Waals surface area (Å²) < 4.78 is 28.4. The summed E-state index contributed by atoms with van der Waals surface area (Å²) in [6.07, 6.45) is 0. The van der Waals surface area contributed by atoms with Gasteiger partial charge in [-0.05, 0) is 37.1 Å². The fourth-order valence-corrected chi connectivity index (χ4v) is 4.08. The lowest BCUT2D eigenvalue weighted by molar-refractivity contribution is -0.141. The van der Waals surface area contributed by atoms with Crippen molar-refractivity contribution in [3.63, 3.8) is 0 Å². The van der Waals surface area contributed by atoms with Crippen molar-refractivity contribution >= 4 is 21.9 Å². The molecule has 8 heteroatoms. The number of primary sulfonamides is 1. The third-order valence-corrected chi connectivity index (χ3v) is 5.68. The average molecular weight is 338 g/mol. The van der Waals surface area contributed by atoms with Crippen LogP contribution in [0.25, 0.3) is 0 Å². The first-order chi connectivity index (χ1) is 10.7. The van der Waals surface area contributed by atoms with E-state index in [0.717, 1.165) is 0 Å². The predicted molar refractivity (Wildman–Crippen MR) is 81.1 cm³/mol. The summed E-state index contributed by atoms with van der Waals surface area (Å²) in [7, 11) is -3.90. The highest BCUT2D eigenvalue weighted by Crippen LogP contribution is 2.31. The molecule has 2 saturated heterocycles. The van der Waals surface area contributed by atoms with E-state index in [4.69, 9.17) is 9.88 Å². The van der Waals surface area contributed by atoms with E-state index >= 15 is 0 Å². The molecule has 2 aliphatic rings. The van der Waals surface area contributed by atoms with Crippen molar-refractivity contribution in [3.05, 3.63) is 28.8 Å². The molecule has 7 nitrogen and oxygen atoms in total. The minimum atomic E-state index is -3.90. The second kappa shape index (κ2) is 5.31. The summed E-state index contributed by atoms with van der Waals surface area (Å²) in [6.45, 7) is 4.46. The van der Waals surface area contributed by atoms with Crippen molar-refractivity contribution in [2.24, 2.45) is 17.0 Å². The molecule has 0 bridgehead atoms. The maximum atomic E-state index is 12.7. The lowest BCUT2D eigenvalue weighted by Crippen LogP contribution is -2.31. The second-order valence-electron chi connectivity index (χ2n) is 6.17. The van der Waals surface area contributed by atoms with Gasteiger partial charge in [0.2, 0.25) is 10.0 Å². The second-order valence-corrected chi connectivity index (χ2v) is 7.70. The summed E-state index contributed by atoms with van der Waals surface area (Å²) in [5.74, 6) is -0.810. The maximum absolute atomic E-state index is 12.7. The number of benzene rings is 1. The summed E-state index contributed by atoms with van der Waals surface area (Å²) in [4.78, 5) is 25.8. The van der Waals surface area contributed by atoms with E-state index in [1.54, 1.807) is 24.8 Å². The monoisotopic (exact) mass is 338 g/mol. The van der Waals surface area contributed by atoms with E-state index in [0.29, 0.717) is 30.8 Å². The highest BCUT2D eigenvalue weighted by atomic mass is 32.2. The third-order valence-electron chi connectivity index (χ3n) is 4.64. The van der Waals surface area contributed by atoms with Crippen LogP contribution in [0.15, 0.2) is 17.0 Å². The number of cyclic esters (lactones) is 1. The summed E-state index contributed by atoms with van der Waals surface area (Å²) >= 11 is 0. The first kappa shape index (κ1) is 15.9. The Labute approximate surface area is 134 Å². The molecule has 0 spiro atoms. The number of nitrogens with zero attached hydrogens (tertiary/aromatic N) is 1. The molecule has 23 heavy (non-hydrogen) atoms. The van der Waals surface area contributed by atoms with Gasteiger partial charge >= 0.3 is 5.97 Å². The van der Waals surface area contributed by atoms with E-state index in [9.17, 15) is 18.0 Å². The van der Waals surface area contributed by atoms with Crippen LogP contribution in [0, 0.1) is 25.7 Å². The molecule has 2 aliphatic heterocycles. The van der Waals surface area contributed by atoms with Crippen LogP contribution < -0.4 is 5.14 Å². The van der Waals surface area contributed by atoms with Gasteiger partial charge in [-0.2, -0.15) is 0 Å². The molecule has 2 heterocycles. The third kappa shape index (κ3) is 2.72. The number of aryl methyl sites for hydroxylation is 1. The van der Waals surface area contributed by atoms with Crippen molar-refractivity contribution in [2.45, 2.75) is 18.7 Å². The molecule has 0 radical (unpaired) electrons. The van der Waals surface area contributed by atoms with Gasteiger partial charge in [0.25, 0.3) is 5.91 Å². The number of esters is 1. The minimum Gasteiger partial charge on any atom is -0.465 e. The fraction of sp³-hybridized carbons (Fsp3) is 0.467. The van der Waals surface area contributed by atoms with Crippen LogP contribution in [0.3, 0.4) is 0 Å². The van der Waals surface area contributed by atoms with Gasteiger partial charge in [-0.25, -0.2) is 13.6 Å². The highest BCUT2D eigenvalue weighted by molar-refractivity contribution is 7.89. The molecule has 1 amide bonds. The van der Waals surface area contributed by atoms with Crippen LogP contribution >= 0.6 is 0 Å². The number of sulfonamides is 1. The smallest absolute Gasteiger partial charge is 0.311 e. The van der Waals surface area contributed by atoms with E-state index in [-0.39, 0.29) is 34.2 Å². The molecular weight excluding hydrogens is 320 g/mol. The molecule has 1 aromatic carbocycles. The number of hydrogen-bond acceptors (Lipinski definition) is 5. The highest BCUT2D eigenvalue weighted by Gasteiger charge is 2.45. The van der Waals surface area contributed by atoms with Crippen LogP contribution in [0.5, 0.6) is 0 Å². The van der Waals surface area contributed by atoms with Crippen molar-refractivity contribution in [1.29, 1.82) is 0 Å². The lowest BCUT2D eigenvalue weighted by atomic mass is 10.0. The van der Waals surface area contributed by atoms with Gasteiger partial charge in [-0.15, -0.1) is 0 Å². The zero-order valence-electron chi connectivity index (χ0n) is 12.9. The van der Waals surface area contributed by atoms with Gasteiger partial charge < -0.3 is 9.64 Å². The van der Waals surface area contributed by atoms with Gasteiger partial charge in [0.15, 0.2) is 0 Å². The molecule has 2 N–H and O–H groups in total. The number of carbonyl (C=O) groups excluding carboxylic acids is 2. The van der Waals surface area contributed by atoms with Gasteiger partial charge in [0.05, 0.1) is 17.4 Å². The summed E-state index contributed by atoms with van der Waals surface area (Å²) in [6, 6.07) is 2.96. The zero-order valence-corrected chi connectivity index (χ0v) is 13.7. The number of carbonyl (C=O) groups is 2. The Balaban J connectivity index is 1.92.